The van der Waals surface area contributed by atoms with Crippen LogP contribution in [0, 0.1) is 0 Å². The van der Waals surface area contributed by atoms with Gasteiger partial charge in [-0.25, -0.2) is 0 Å². The third-order valence-electron chi connectivity index (χ3n) is 4.41. The summed E-state index contributed by atoms with van der Waals surface area (Å²) in [5.41, 5.74) is 16.3. The Bertz CT molecular complexity index is 434. The van der Waals surface area contributed by atoms with E-state index in [1.807, 2.05) is 0 Å². The Morgan fingerprint density at radius 3 is 1.27 bits per heavy atom. The van der Waals surface area contributed by atoms with Crippen LogP contribution in [0.4, 0.5) is 0 Å². The van der Waals surface area contributed by atoms with Crippen LogP contribution in [0.2, 0.25) is 0 Å². The molecule has 0 aromatic carbocycles. The minimum atomic E-state index is -0.812. The van der Waals surface area contributed by atoms with Gasteiger partial charge in [-0.15, -0.1) is 0 Å². The normalized spacial score (nSPS) is 10.8. The molecule has 6 N–H and O–H groups in total. The van der Waals surface area contributed by atoms with Crippen LogP contribution in [-0.4, -0.2) is 56.9 Å². The first-order valence-electron chi connectivity index (χ1n) is 11.1. The lowest BCUT2D eigenvalue weighted by atomic mass is 10.2. The van der Waals surface area contributed by atoms with Gasteiger partial charge in [0.1, 0.15) is 13.2 Å². The van der Waals surface area contributed by atoms with Gasteiger partial charge in [0.05, 0.1) is 0 Å². The van der Waals surface area contributed by atoms with Crippen molar-refractivity contribution < 1.29 is 28.6 Å². The van der Waals surface area contributed by atoms with Gasteiger partial charge in [-0.1, -0.05) is 19.3 Å². The fourth-order valence-corrected chi connectivity index (χ4v) is 2.65. The zero-order chi connectivity index (χ0) is 22.5. The van der Waals surface area contributed by atoms with E-state index >= 15 is 0 Å². The van der Waals surface area contributed by atoms with Crippen molar-refractivity contribution in [2.45, 2.75) is 83.2 Å². The summed E-state index contributed by atoms with van der Waals surface area (Å²) in [6, 6.07) is 0. The summed E-state index contributed by atoms with van der Waals surface area (Å²) >= 11 is 0. The van der Waals surface area contributed by atoms with Gasteiger partial charge in [0.25, 0.3) is 0 Å². The lowest BCUT2D eigenvalue weighted by Gasteiger charge is -2.18. The smallest absolute Gasteiger partial charge is 0.306 e. The maximum atomic E-state index is 12.0. The van der Waals surface area contributed by atoms with Crippen molar-refractivity contribution >= 4 is 17.9 Å². The molecular formula is C21H41N3O6. The Kier molecular flexibility index (Phi) is 19.4. The van der Waals surface area contributed by atoms with Crippen LogP contribution < -0.4 is 17.2 Å². The summed E-state index contributed by atoms with van der Waals surface area (Å²) in [5.74, 6) is -1.15. The van der Waals surface area contributed by atoms with Crippen molar-refractivity contribution in [3.63, 3.8) is 0 Å². The number of rotatable bonds is 20. The molecule has 0 aliphatic carbocycles. The van der Waals surface area contributed by atoms with E-state index in [1.54, 1.807) is 0 Å². The summed E-state index contributed by atoms with van der Waals surface area (Å²) in [6.45, 7) is 1.50. The number of esters is 3. The molecule has 30 heavy (non-hydrogen) atoms. The summed E-state index contributed by atoms with van der Waals surface area (Å²) in [4.78, 5) is 35.8. The number of unbranched alkanes of at least 4 members (excludes halogenated alkanes) is 6. The van der Waals surface area contributed by atoms with E-state index in [0.717, 1.165) is 38.5 Å². The van der Waals surface area contributed by atoms with Gasteiger partial charge in [-0.3, -0.25) is 14.4 Å². The predicted octanol–water partition coefficient (Wildman–Crippen LogP) is 1.54. The van der Waals surface area contributed by atoms with E-state index in [9.17, 15) is 14.4 Å². The first-order valence-corrected chi connectivity index (χ1v) is 11.1. The van der Waals surface area contributed by atoms with Gasteiger partial charge >= 0.3 is 17.9 Å². The van der Waals surface area contributed by atoms with Crippen molar-refractivity contribution in [2.75, 3.05) is 32.8 Å². The number of carbonyl (C=O) groups is 3. The van der Waals surface area contributed by atoms with E-state index < -0.39 is 12.1 Å². The molecule has 0 amide bonds. The molecule has 0 unspecified atom stereocenters. The topological polar surface area (TPSA) is 157 Å². The van der Waals surface area contributed by atoms with Gasteiger partial charge in [-0.05, 0) is 58.2 Å². The number of carbonyl (C=O) groups excluding carboxylic acids is 3. The van der Waals surface area contributed by atoms with Gasteiger partial charge in [-0.2, -0.15) is 0 Å². The van der Waals surface area contributed by atoms with E-state index in [-0.39, 0.29) is 44.4 Å². The lowest BCUT2D eigenvalue weighted by Crippen LogP contribution is -2.30. The zero-order valence-corrected chi connectivity index (χ0v) is 18.3. The van der Waals surface area contributed by atoms with Gasteiger partial charge in [0.2, 0.25) is 0 Å². The fourth-order valence-electron chi connectivity index (χ4n) is 2.65. The molecule has 9 heteroatoms. The largest absolute Gasteiger partial charge is 0.462 e. The highest BCUT2D eigenvalue weighted by atomic mass is 16.6. The predicted molar refractivity (Wildman–Crippen MR) is 114 cm³/mol. The van der Waals surface area contributed by atoms with Gasteiger partial charge in [0.15, 0.2) is 6.10 Å². The molecule has 0 aromatic rings. The molecule has 0 bridgehead atoms. The second-order valence-electron chi connectivity index (χ2n) is 7.28. The molecule has 0 spiro atoms. The lowest BCUT2D eigenvalue weighted by molar-refractivity contribution is -0.167. The number of hydrogen-bond donors (Lipinski definition) is 3. The van der Waals surface area contributed by atoms with E-state index in [2.05, 4.69) is 0 Å². The first kappa shape index (κ1) is 28.3. The standard InChI is InChI=1S/C21H41N3O6/c22-13-7-1-4-10-19(25)28-16-18(30-21(27)12-6-3-9-15-24)17-29-20(26)11-5-2-8-14-23/h18H,1-17,22-24H2. The molecule has 0 atom stereocenters. The number of ether oxygens (including phenoxy) is 3. The second kappa shape index (κ2) is 20.6. The molecule has 9 nitrogen and oxygen atoms in total. The van der Waals surface area contributed by atoms with Crippen LogP contribution in [0.3, 0.4) is 0 Å². The molecule has 0 aromatic heterocycles. The molecule has 176 valence electrons. The Morgan fingerprint density at radius 2 is 0.900 bits per heavy atom. The molecule has 0 aliphatic heterocycles. The molecule has 0 saturated carbocycles. The van der Waals surface area contributed by atoms with Crippen LogP contribution in [0.25, 0.3) is 0 Å². The first-order chi connectivity index (χ1) is 14.5. The molecule has 0 aliphatic rings. The molecule has 0 rings (SSSR count). The summed E-state index contributed by atoms with van der Waals surface area (Å²) in [6.07, 6.45) is 7.17. The van der Waals surface area contributed by atoms with Crippen molar-refractivity contribution in [3.8, 4) is 0 Å². The van der Waals surface area contributed by atoms with Crippen molar-refractivity contribution in [3.05, 3.63) is 0 Å². The van der Waals surface area contributed by atoms with Crippen LogP contribution in [0.1, 0.15) is 77.0 Å². The Labute approximate surface area is 180 Å². The average molecular weight is 432 g/mol. The molecule has 0 heterocycles. The summed E-state index contributed by atoms with van der Waals surface area (Å²) in [7, 11) is 0. The van der Waals surface area contributed by atoms with Crippen LogP contribution >= 0.6 is 0 Å². The van der Waals surface area contributed by atoms with Crippen LogP contribution in [0.15, 0.2) is 0 Å². The van der Waals surface area contributed by atoms with Crippen molar-refractivity contribution in [2.24, 2.45) is 17.2 Å². The van der Waals surface area contributed by atoms with E-state index in [4.69, 9.17) is 31.4 Å². The van der Waals surface area contributed by atoms with E-state index in [1.165, 1.54) is 0 Å². The number of nitrogens with two attached hydrogens (primary N) is 3. The quantitative estimate of drug-likeness (QED) is 0.148. The second-order valence-corrected chi connectivity index (χ2v) is 7.28. The third kappa shape index (κ3) is 18.3. The minimum Gasteiger partial charge on any atom is -0.462 e. The number of hydrogen-bond acceptors (Lipinski definition) is 9. The third-order valence-corrected chi connectivity index (χ3v) is 4.41. The maximum absolute atomic E-state index is 12.0. The Balaban J connectivity index is 4.37. The van der Waals surface area contributed by atoms with E-state index in [0.29, 0.717) is 38.9 Å². The molecule has 0 fully saturated rings. The maximum Gasteiger partial charge on any atom is 0.306 e. The summed E-state index contributed by atoms with van der Waals surface area (Å²) in [5, 5.41) is 0. The van der Waals surface area contributed by atoms with Crippen LogP contribution in [-0.2, 0) is 28.6 Å². The zero-order valence-electron chi connectivity index (χ0n) is 18.3. The Hall–Kier alpha value is -1.71. The Morgan fingerprint density at radius 1 is 0.533 bits per heavy atom. The van der Waals surface area contributed by atoms with Crippen molar-refractivity contribution in [1.82, 2.24) is 0 Å². The minimum absolute atomic E-state index is 0.134. The van der Waals surface area contributed by atoms with Crippen molar-refractivity contribution in [1.29, 1.82) is 0 Å². The summed E-state index contributed by atoms with van der Waals surface area (Å²) < 4.78 is 15.8. The van der Waals surface area contributed by atoms with Gasteiger partial charge in [0, 0.05) is 19.3 Å². The highest BCUT2D eigenvalue weighted by Gasteiger charge is 2.19. The van der Waals surface area contributed by atoms with Gasteiger partial charge < -0.3 is 31.4 Å². The SMILES string of the molecule is NCCCCCC(=O)OCC(COC(=O)CCCCCN)OC(=O)CCCCCN. The molecular weight excluding hydrogens is 390 g/mol. The fraction of sp³-hybridized carbons (Fsp3) is 0.857. The molecule has 0 radical (unpaired) electrons. The molecule has 0 saturated heterocycles. The highest BCUT2D eigenvalue weighted by molar-refractivity contribution is 5.71. The van der Waals surface area contributed by atoms with Crippen LogP contribution in [0.5, 0.6) is 0 Å². The average Bonchev–Trinajstić information content (AvgIpc) is 2.73. The highest BCUT2D eigenvalue weighted by Crippen LogP contribution is 2.07. The monoisotopic (exact) mass is 431 g/mol.